The molecule has 1 aliphatic rings. The van der Waals surface area contributed by atoms with Crippen molar-refractivity contribution in [2.24, 2.45) is 0 Å². The van der Waals surface area contributed by atoms with Crippen LogP contribution < -0.4 is 5.32 Å². The highest BCUT2D eigenvalue weighted by molar-refractivity contribution is 6.35. The van der Waals surface area contributed by atoms with E-state index in [9.17, 15) is 9.59 Å². The first kappa shape index (κ1) is 16.9. The maximum Gasteiger partial charge on any atom is 0.312 e. The fraction of sp³-hybridized carbons (Fsp3) is 0.846. The molecule has 1 heterocycles. The predicted molar refractivity (Wildman–Crippen MR) is 72.3 cm³/mol. The number of carbonyl (C=O) groups is 2. The molecule has 0 aromatic heterocycles. The average molecular weight is 288 g/mol. The third-order valence-electron chi connectivity index (χ3n) is 3.13. The number of ether oxygens (including phenoxy) is 3. The second kappa shape index (κ2) is 9.68. The van der Waals surface area contributed by atoms with Gasteiger partial charge in [-0.25, -0.2) is 0 Å². The molecular formula is C13H24N2O5. The van der Waals surface area contributed by atoms with Gasteiger partial charge in [0.25, 0.3) is 0 Å². The molecule has 0 aromatic rings. The number of nitrogens with one attached hydrogen (secondary N) is 1. The fourth-order valence-electron chi connectivity index (χ4n) is 1.95. The van der Waals surface area contributed by atoms with Crippen LogP contribution in [0.15, 0.2) is 0 Å². The summed E-state index contributed by atoms with van der Waals surface area (Å²) >= 11 is 0. The molecule has 0 aliphatic carbocycles. The Labute approximate surface area is 119 Å². The molecule has 7 nitrogen and oxygen atoms in total. The van der Waals surface area contributed by atoms with Crippen molar-refractivity contribution in [3.8, 4) is 0 Å². The van der Waals surface area contributed by atoms with Gasteiger partial charge in [0.15, 0.2) is 0 Å². The topological polar surface area (TPSA) is 77.1 Å². The van der Waals surface area contributed by atoms with Crippen LogP contribution in [0.1, 0.15) is 12.8 Å². The molecular weight excluding hydrogens is 264 g/mol. The molecule has 0 radical (unpaired) electrons. The molecule has 116 valence electrons. The number of rotatable bonds is 8. The molecule has 0 saturated carbocycles. The van der Waals surface area contributed by atoms with Crippen molar-refractivity contribution >= 4 is 11.8 Å². The predicted octanol–water partition coefficient (Wildman–Crippen LogP) is -0.597. The second-order valence-electron chi connectivity index (χ2n) is 4.62. The van der Waals surface area contributed by atoms with Crippen molar-refractivity contribution in [1.82, 2.24) is 10.2 Å². The van der Waals surface area contributed by atoms with E-state index in [1.165, 1.54) is 4.90 Å². The Morgan fingerprint density at radius 1 is 1.25 bits per heavy atom. The summed E-state index contributed by atoms with van der Waals surface area (Å²) in [5.74, 6) is -1.16. The summed E-state index contributed by atoms with van der Waals surface area (Å²) in [4.78, 5) is 25.3. The molecule has 0 aromatic carbocycles. The number of amides is 2. The Kier molecular flexibility index (Phi) is 8.17. The van der Waals surface area contributed by atoms with Crippen molar-refractivity contribution in [2.45, 2.75) is 18.9 Å². The van der Waals surface area contributed by atoms with Crippen LogP contribution in [-0.4, -0.2) is 76.5 Å². The lowest BCUT2D eigenvalue weighted by Gasteiger charge is -2.21. The van der Waals surface area contributed by atoms with Gasteiger partial charge >= 0.3 is 11.8 Å². The van der Waals surface area contributed by atoms with Gasteiger partial charge in [-0.3, -0.25) is 9.59 Å². The van der Waals surface area contributed by atoms with Crippen LogP contribution in [0.5, 0.6) is 0 Å². The molecule has 0 bridgehead atoms. The minimum absolute atomic E-state index is 0.0261. The highest BCUT2D eigenvalue weighted by Gasteiger charge is 2.23. The molecule has 20 heavy (non-hydrogen) atoms. The number of carbonyl (C=O) groups excluding carboxylic acids is 2. The lowest BCUT2D eigenvalue weighted by atomic mass is 10.2. The maximum atomic E-state index is 12.0. The lowest BCUT2D eigenvalue weighted by molar-refractivity contribution is -0.146. The first-order valence-electron chi connectivity index (χ1n) is 6.85. The van der Waals surface area contributed by atoms with Crippen molar-refractivity contribution in [3.05, 3.63) is 0 Å². The fourth-order valence-corrected chi connectivity index (χ4v) is 1.95. The quantitative estimate of drug-likeness (QED) is 0.604. The van der Waals surface area contributed by atoms with E-state index < -0.39 is 11.8 Å². The Morgan fingerprint density at radius 2 is 1.90 bits per heavy atom. The zero-order valence-electron chi connectivity index (χ0n) is 12.2. The summed E-state index contributed by atoms with van der Waals surface area (Å²) < 4.78 is 15.3. The van der Waals surface area contributed by atoms with E-state index >= 15 is 0 Å². The molecule has 1 atom stereocenters. The van der Waals surface area contributed by atoms with Crippen molar-refractivity contribution in [1.29, 1.82) is 0 Å². The smallest absolute Gasteiger partial charge is 0.312 e. The summed E-state index contributed by atoms with van der Waals surface area (Å²) in [6.45, 7) is 2.61. The van der Waals surface area contributed by atoms with E-state index in [0.717, 1.165) is 19.4 Å². The van der Waals surface area contributed by atoms with Crippen LogP contribution in [0.25, 0.3) is 0 Å². The molecule has 1 unspecified atom stereocenters. The summed E-state index contributed by atoms with van der Waals surface area (Å²) in [6, 6.07) is 0. The van der Waals surface area contributed by atoms with Gasteiger partial charge in [0.1, 0.15) is 0 Å². The van der Waals surface area contributed by atoms with Crippen LogP contribution >= 0.6 is 0 Å². The Bertz CT molecular complexity index is 297. The number of hydrogen-bond donors (Lipinski definition) is 1. The summed E-state index contributed by atoms with van der Waals surface area (Å²) in [5.41, 5.74) is 0. The van der Waals surface area contributed by atoms with Crippen molar-refractivity contribution in [2.75, 3.05) is 53.7 Å². The van der Waals surface area contributed by atoms with Crippen molar-refractivity contribution < 1.29 is 23.8 Å². The van der Waals surface area contributed by atoms with E-state index in [4.69, 9.17) is 14.2 Å². The molecule has 0 spiro atoms. The summed E-state index contributed by atoms with van der Waals surface area (Å²) in [6.07, 6.45) is 1.95. The molecule has 1 fully saturated rings. The van der Waals surface area contributed by atoms with E-state index in [1.807, 2.05) is 0 Å². The van der Waals surface area contributed by atoms with Crippen LogP contribution in [0, 0.1) is 0 Å². The minimum Gasteiger partial charge on any atom is -0.383 e. The zero-order valence-corrected chi connectivity index (χ0v) is 12.2. The van der Waals surface area contributed by atoms with E-state index in [1.54, 1.807) is 14.2 Å². The van der Waals surface area contributed by atoms with Crippen LogP contribution in [0.4, 0.5) is 0 Å². The molecule has 2 amide bonds. The molecule has 1 rings (SSSR count). The first-order chi connectivity index (χ1) is 9.69. The monoisotopic (exact) mass is 288 g/mol. The zero-order chi connectivity index (χ0) is 14.8. The van der Waals surface area contributed by atoms with Gasteiger partial charge in [-0.2, -0.15) is 0 Å². The van der Waals surface area contributed by atoms with Crippen LogP contribution in [-0.2, 0) is 23.8 Å². The van der Waals surface area contributed by atoms with E-state index in [0.29, 0.717) is 32.8 Å². The van der Waals surface area contributed by atoms with Gasteiger partial charge in [0, 0.05) is 40.5 Å². The minimum atomic E-state index is -0.604. The largest absolute Gasteiger partial charge is 0.383 e. The molecule has 7 heteroatoms. The number of hydrogen-bond acceptors (Lipinski definition) is 5. The van der Waals surface area contributed by atoms with Gasteiger partial charge in [-0.15, -0.1) is 0 Å². The lowest BCUT2D eigenvalue weighted by Crippen LogP contribution is -2.47. The van der Waals surface area contributed by atoms with Gasteiger partial charge in [0.2, 0.25) is 0 Å². The van der Waals surface area contributed by atoms with E-state index in [-0.39, 0.29) is 6.10 Å². The van der Waals surface area contributed by atoms with Gasteiger partial charge in [0.05, 0.1) is 19.3 Å². The Balaban J connectivity index is 2.37. The molecule has 1 N–H and O–H groups in total. The van der Waals surface area contributed by atoms with Gasteiger partial charge < -0.3 is 24.4 Å². The first-order valence-corrected chi connectivity index (χ1v) is 6.85. The Morgan fingerprint density at radius 3 is 2.40 bits per heavy atom. The third kappa shape index (κ3) is 5.85. The Hall–Kier alpha value is -1.18. The standard InChI is InChI=1S/C13H24N2O5/c1-18-8-5-15(6-9-19-2)13(17)12(16)14-10-11-4-3-7-20-11/h11H,3-10H2,1-2H3,(H,14,16). The SMILES string of the molecule is COCCN(CCOC)C(=O)C(=O)NCC1CCCO1. The second-order valence-corrected chi connectivity index (χ2v) is 4.62. The van der Waals surface area contributed by atoms with Crippen LogP contribution in [0.2, 0.25) is 0 Å². The average Bonchev–Trinajstić information content (AvgIpc) is 2.97. The summed E-state index contributed by atoms with van der Waals surface area (Å²) in [5, 5.41) is 2.62. The van der Waals surface area contributed by atoms with Crippen LogP contribution in [0.3, 0.4) is 0 Å². The molecule has 1 saturated heterocycles. The molecule has 1 aliphatic heterocycles. The summed E-state index contributed by atoms with van der Waals surface area (Å²) in [7, 11) is 3.10. The van der Waals surface area contributed by atoms with Crippen molar-refractivity contribution in [3.63, 3.8) is 0 Å². The third-order valence-corrected chi connectivity index (χ3v) is 3.13. The van der Waals surface area contributed by atoms with Gasteiger partial charge in [-0.05, 0) is 12.8 Å². The highest BCUT2D eigenvalue weighted by Crippen LogP contribution is 2.10. The van der Waals surface area contributed by atoms with E-state index in [2.05, 4.69) is 5.32 Å². The number of methoxy groups -OCH3 is 2. The maximum absolute atomic E-state index is 12.0. The highest BCUT2D eigenvalue weighted by atomic mass is 16.5. The van der Waals surface area contributed by atoms with Gasteiger partial charge in [-0.1, -0.05) is 0 Å². The number of nitrogens with zero attached hydrogens (tertiary/aromatic N) is 1. The normalized spacial score (nSPS) is 18.0.